The van der Waals surface area contributed by atoms with Gasteiger partial charge in [-0.15, -0.1) is 0 Å². The minimum Gasteiger partial charge on any atom is -0.378 e. The maximum Gasteiger partial charge on any atom is 0.325 e. The van der Waals surface area contributed by atoms with Gasteiger partial charge >= 0.3 is 6.03 Å². The Morgan fingerprint density at radius 3 is 1.92 bits per heavy atom. The molecule has 3 aromatic rings. The third kappa shape index (κ3) is 5.34. The van der Waals surface area contributed by atoms with Crippen molar-refractivity contribution in [3.8, 4) is 0 Å². The number of rotatable bonds is 9. The number of benzene rings is 3. The van der Waals surface area contributed by atoms with Gasteiger partial charge in [-0.05, 0) is 35.4 Å². The number of halogens is 1. The second-order valence-corrected chi connectivity index (χ2v) is 9.72. The summed E-state index contributed by atoms with van der Waals surface area (Å²) in [5, 5.41) is 3.72. The molecule has 0 unspecified atom stereocenters. The number of amides is 3. The fraction of sp³-hybridized carbons (Fsp3) is 0.310. The van der Waals surface area contributed by atoms with Gasteiger partial charge in [0.2, 0.25) is 0 Å². The number of hydrogen-bond acceptors (Lipinski definition) is 5. The topological polar surface area (TPSA) is 65.1 Å². The van der Waals surface area contributed by atoms with Gasteiger partial charge in [-0.3, -0.25) is 14.6 Å². The van der Waals surface area contributed by atoms with Crippen molar-refractivity contribution in [3.05, 3.63) is 101 Å². The molecule has 2 heterocycles. The van der Waals surface area contributed by atoms with Crippen LogP contribution in [-0.4, -0.2) is 74.2 Å². The number of piperazine rings is 1. The van der Waals surface area contributed by atoms with Crippen molar-refractivity contribution in [3.63, 3.8) is 0 Å². The number of nitrogens with zero attached hydrogens (tertiary/aromatic N) is 3. The smallest absolute Gasteiger partial charge is 0.325 e. The molecule has 8 heteroatoms. The molecule has 1 N–H and O–H groups in total. The van der Waals surface area contributed by atoms with Gasteiger partial charge in [0.25, 0.3) is 5.91 Å². The molecule has 0 atom stereocenters. The van der Waals surface area contributed by atoms with Crippen molar-refractivity contribution in [2.45, 2.75) is 5.54 Å². The summed E-state index contributed by atoms with van der Waals surface area (Å²) in [7, 11) is 0. The van der Waals surface area contributed by atoms with Crippen molar-refractivity contribution in [1.82, 2.24) is 15.1 Å². The predicted octanol–water partition coefficient (Wildman–Crippen LogP) is 3.97. The number of carbonyl (C=O) groups excluding carboxylic acids is 2. The van der Waals surface area contributed by atoms with Crippen LogP contribution < -0.4 is 10.2 Å². The molecule has 3 amide bonds. The first-order chi connectivity index (χ1) is 18.1. The number of nitrogens with one attached hydrogen (secondary N) is 1. The Morgan fingerprint density at radius 1 is 0.757 bits per heavy atom. The van der Waals surface area contributed by atoms with E-state index < -0.39 is 11.6 Å². The quantitative estimate of drug-likeness (QED) is 0.343. The standard InChI is InChI=1S/C29H31ClN4O3/c30-25-11-13-26(14-12-25)33-17-15-32(16-18-33)19-21-37-22-20-34-27(35)29(31-28(34)36,23-7-3-1-4-8-23)24-9-5-2-6-10-24/h1-14H,15-22H2,(H,31,36). The molecule has 2 fully saturated rings. The van der Waals surface area contributed by atoms with E-state index in [0.29, 0.717) is 13.2 Å². The minimum absolute atomic E-state index is 0.205. The normalized spacial score (nSPS) is 17.8. The van der Waals surface area contributed by atoms with E-state index in [0.717, 1.165) is 48.9 Å². The lowest BCUT2D eigenvalue weighted by Crippen LogP contribution is -2.47. The van der Waals surface area contributed by atoms with Crippen molar-refractivity contribution in [1.29, 1.82) is 0 Å². The Bertz CT molecular complexity index is 1160. The lowest BCUT2D eigenvalue weighted by molar-refractivity contribution is -0.130. The van der Waals surface area contributed by atoms with E-state index in [-0.39, 0.29) is 12.5 Å². The molecule has 2 saturated heterocycles. The third-order valence-corrected chi connectivity index (χ3v) is 7.35. The lowest BCUT2D eigenvalue weighted by atomic mass is 9.82. The van der Waals surface area contributed by atoms with Crippen LogP contribution in [-0.2, 0) is 15.1 Å². The van der Waals surface area contributed by atoms with Crippen molar-refractivity contribution >= 4 is 29.2 Å². The van der Waals surface area contributed by atoms with E-state index in [9.17, 15) is 9.59 Å². The molecule has 2 aliphatic heterocycles. The first-order valence-electron chi connectivity index (χ1n) is 12.6. The number of imide groups is 1. The lowest BCUT2D eigenvalue weighted by Gasteiger charge is -2.36. The molecule has 3 aromatic carbocycles. The van der Waals surface area contributed by atoms with Crippen LogP contribution in [0.15, 0.2) is 84.9 Å². The summed E-state index contributed by atoms with van der Waals surface area (Å²) in [6, 6.07) is 26.3. The fourth-order valence-electron chi connectivity index (χ4n) is 5.05. The molecule has 0 radical (unpaired) electrons. The molecule has 37 heavy (non-hydrogen) atoms. The molecule has 0 spiro atoms. The van der Waals surface area contributed by atoms with Gasteiger partial charge in [-0.1, -0.05) is 72.3 Å². The zero-order chi connectivity index (χ0) is 25.7. The summed E-state index contributed by atoms with van der Waals surface area (Å²) in [6.45, 7) is 5.67. The third-order valence-electron chi connectivity index (χ3n) is 7.09. The maximum atomic E-state index is 13.7. The van der Waals surface area contributed by atoms with Gasteiger partial charge in [0.05, 0.1) is 19.8 Å². The molecule has 5 rings (SSSR count). The van der Waals surface area contributed by atoms with Gasteiger partial charge in [0.1, 0.15) is 0 Å². The van der Waals surface area contributed by atoms with Crippen LogP contribution in [0.4, 0.5) is 10.5 Å². The van der Waals surface area contributed by atoms with Crippen LogP contribution in [0.3, 0.4) is 0 Å². The van der Waals surface area contributed by atoms with Crippen molar-refractivity contribution < 1.29 is 14.3 Å². The first-order valence-corrected chi connectivity index (χ1v) is 13.0. The second-order valence-electron chi connectivity index (χ2n) is 9.29. The average molecular weight is 519 g/mol. The molecular weight excluding hydrogens is 488 g/mol. The molecule has 2 aliphatic rings. The van der Waals surface area contributed by atoms with E-state index in [4.69, 9.17) is 16.3 Å². The Labute approximate surface area is 222 Å². The zero-order valence-electron chi connectivity index (χ0n) is 20.7. The maximum absolute atomic E-state index is 13.7. The van der Waals surface area contributed by atoms with Gasteiger partial charge in [0.15, 0.2) is 5.54 Å². The highest BCUT2D eigenvalue weighted by molar-refractivity contribution is 6.30. The number of hydrogen-bond donors (Lipinski definition) is 1. The summed E-state index contributed by atoms with van der Waals surface area (Å²) in [5.41, 5.74) is 1.43. The molecular formula is C29H31ClN4O3. The molecule has 7 nitrogen and oxygen atoms in total. The van der Waals surface area contributed by atoms with Crippen LogP contribution >= 0.6 is 11.6 Å². The predicted molar refractivity (Wildman–Crippen MR) is 145 cm³/mol. The average Bonchev–Trinajstić information content (AvgIpc) is 3.20. The van der Waals surface area contributed by atoms with Crippen LogP contribution in [0, 0.1) is 0 Å². The highest BCUT2D eigenvalue weighted by Crippen LogP contribution is 2.35. The van der Waals surface area contributed by atoms with Crippen molar-refractivity contribution in [2.75, 3.05) is 57.4 Å². The molecule has 0 aromatic heterocycles. The Kier molecular flexibility index (Phi) is 7.74. The monoisotopic (exact) mass is 518 g/mol. The number of urea groups is 1. The Morgan fingerprint density at radius 2 is 1.32 bits per heavy atom. The van der Waals surface area contributed by atoms with Crippen LogP contribution in [0.25, 0.3) is 0 Å². The zero-order valence-corrected chi connectivity index (χ0v) is 21.4. The van der Waals surface area contributed by atoms with E-state index in [2.05, 4.69) is 27.2 Å². The van der Waals surface area contributed by atoms with Gasteiger partial charge in [-0.2, -0.15) is 0 Å². The number of ether oxygens (including phenoxy) is 1. The SMILES string of the molecule is O=C1NC(c2ccccc2)(c2ccccc2)C(=O)N1CCOCCN1CCN(c2ccc(Cl)cc2)CC1. The molecule has 0 saturated carbocycles. The molecule has 192 valence electrons. The summed E-state index contributed by atoms with van der Waals surface area (Å²) in [6.07, 6.45) is 0. The van der Waals surface area contributed by atoms with E-state index in [1.807, 2.05) is 72.8 Å². The fourth-order valence-corrected chi connectivity index (χ4v) is 5.17. The van der Waals surface area contributed by atoms with Crippen LogP contribution in [0.1, 0.15) is 11.1 Å². The largest absolute Gasteiger partial charge is 0.378 e. The minimum atomic E-state index is -1.23. The van der Waals surface area contributed by atoms with Crippen molar-refractivity contribution in [2.24, 2.45) is 0 Å². The second kappa shape index (κ2) is 11.3. The first kappa shape index (κ1) is 25.3. The van der Waals surface area contributed by atoms with Crippen LogP contribution in [0.5, 0.6) is 0 Å². The van der Waals surface area contributed by atoms with Gasteiger partial charge in [0, 0.05) is 43.4 Å². The van der Waals surface area contributed by atoms with Gasteiger partial charge in [-0.25, -0.2) is 4.79 Å². The molecule has 0 aliphatic carbocycles. The molecule has 0 bridgehead atoms. The highest BCUT2D eigenvalue weighted by atomic mass is 35.5. The van der Waals surface area contributed by atoms with Gasteiger partial charge < -0.3 is 15.0 Å². The van der Waals surface area contributed by atoms with E-state index >= 15 is 0 Å². The van der Waals surface area contributed by atoms with E-state index in [1.54, 1.807) is 0 Å². The summed E-state index contributed by atoms with van der Waals surface area (Å²) in [5.74, 6) is -0.281. The number of carbonyl (C=O) groups is 2. The van der Waals surface area contributed by atoms with Crippen LogP contribution in [0.2, 0.25) is 5.02 Å². The Balaban J connectivity index is 1.12. The number of anilines is 1. The summed E-state index contributed by atoms with van der Waals surface area (Å²) in [4.78, 5) is 32.6. The Hall–Kier alpha value is -3.39. The summed E-state index contributed by atoms with van der Waals surface area (Å²) < 4.78 is 5.86. The summed E-state index contributed by atoms with van der Waals surface area (Å²) >= 11 is 6.00. The highest BCUT2D eigenvalue weighted by Gasteiger charge is 2.53. The van der Waals surface area contributed by atoms with E-state index in [1.165, 1.54) is 10.6 Å².